The minimum Gasteiger partial charge on any atom is -0.376 e. The number of benzene rings is 2. The van der Waals surface area contributed by atoms with Crippen LogP contribution in [-0.2, 0) is 10.1 Å². The lowest BCUT2D eigenvalue weighted by molar-refractivity contribution is 0.112. The molecule has 0 atom stereocenters. The van der Waals surface area contributed by atoms with Gasteiger partial charge in [-0.25, -0.2) is 0 Å². The first kappa shape index (κ1) is 14.8. The summed E-state index contributed by atoms with van der Waals surface area (Å²) in [5.41, 5.74) is 0.226. The van der Waals surface area contributed by atoms with Crippen molar-refractivity contribution < 1.29 is 17.4 Å². The van der Waals surface area contributed by atoms with E-state index in [0.29, 0.717) is 6.29 Å². The van der Waals surface area contributed by atoms with Gasteiger partial charge in [0.2, 0.25) is 0 Å². The molecule has 2 aromatic rings. The van der Waals surface area contributed by atoms with Gasteiger partial charge in [-0.15, -0.1) is 0 Å². The molecule has 0 aromatic heterocycles. The number of carbonyl (C=O) groups is 1. The topological polar surface area (TPSA) is 60.4 Å². The molecule has 0 heterocycles. The SMILES string of the molecule is O=Cc1cc(Cl)c(OS(=O)(=O)c2ccccc2)c(Cl)c1. The average molecular weight is 331 g/mol. The van der Waals surface area contributed by atoms with Crippen LogP contribution in [-0.4, -0.2) is 14.7 Å². The van der Waals surface area contributed by atoms with Crippen molar-refractivity contribution in [1.82, 2.24) is 0 Å². The van der Waals surface area contributed by atoms with Gasteiger partial charge in [-0.3, -0.25) is 4.79 Å². The highest BCUT2D eigenvalue weighted by molar-refractivity contribution is 7.87. The van der Waals surface area contributed by atoms with Crippen molar-refractivity contribution in [3.8, 4) is 5.75 Å². The summed E-state index contributed by atoms with van der Waals surface area (Å²) in [5.74, 6) is -0.206. The number of halogens is 2. The number of carbonyl (C=O) groups excluding carboxylic acids is 1. The molecule has 2 rings (SSSR count). The molecule has 0 unspecified atom stereocenters. The predicted octanol–water partition coefficient (Wildman–Crippen LogP) is 3.57. The summed E-state index contributed by atoms with van der Waals surface area (Å²) >= 11 is 11.7. The lowest BCUT2D eigenvalue weighted by Gasteiger charge is -2.10. The van der Waals surface area contributed by atoms with Crippen molar-refractivity contribution in [2.45, 2.75) is 4.90 Å². The summed E-state index contributed by atoms with van der Waals surface area (Å²) < 4.78 is 29.0. The number of hydrogen-bond donors (Lipinski definition) is 0. The van der Waals surface area contributed by atoms with E-state index in [-0.39, 0.29) is 26.3 Å². The normalized spacial score (nSPS) is 11.1. The maximum atomic E-state index is 12.1. The number of rotatable bonds is 4. The molecule has 104 valence electrons. The van der Waals surface area contributed by atoms with Crippen molar-refractivity contribution in [2.75, 3.05) is 0 Å². The van der Waals surface area contributed by atoms with E-state index in [1.807, 2.05) is 0 Å². The van der Waals surface area contributed by atoms with E-state index in [1.54, 1.807) is 18.2 Å². The Hall–Kier alpha value is -1.56. The average Bonchev–Trinajstić information content (AvgIpc) is 2.43. The summed E-state index contributed by atoms with van der Waals surface area (Å²) in [6.45, 7) is 0. The van der Waals surface area contributed by atoms with E-state index in [0.717, 1.165) is 0 Å². The van der Waals surface area contributed by atoms with Crippen LogP contribution < -0.4 is 4.18 Å². The van der Waals surface area contributed by atoms with Gasteiger partial charge in [-0.2, -0.15) is 8.42 Å². The van der Waals surface area contributed by atoms with Crippen LogP contribution >= 0.6 is 23.2 Å². The first-order valence-corrected chi connectivity index (χ1v) is 7.54. The second-order valence-corrected chi connectivity index (χ2v) is 6.14. The smallest absolute Gasteiger partial charge is 0.339 e. The minimum atomic E-state index is -4.04. The zero-order chi connectivity index (χ0) is 14.8. The lowest BCUT2D eigenvalue weighted by atomic mass is 10.2. The Kier molecular flexibility index (Phi) is 4.32. The molecule has 0 spiro atoms. The third-order valence-corrected chi connectivity index (χ3v) is 4.18. The van der Waals surface area contributed by atoms with E-state index in [4.69, 9.17) is 27.4 Å². The molecule has 0 aliphatic heterocycles. The van der Waals surface area contributed by atoms with Gasteiger partial charge in [-0.1, -0.05) is 41.4 Å². The monoisotopic (exact) mass is 330 g/mol. The molecular formula is C13H8Cl2O4S. The molecule has 0 bridgehead atoms. The molecule has 20 heavy (non-hydrogen) atoms. The van der Waals surface area contributed by atoms with Crippen LogP contribution in [0.3, 0.4) is 0 Å². The van der Waals surface area contributed by atoms with E-state index >= 15 is 0 Å². The fourth-order valence-electron chi connectivity index (χ4n) is 1.47. The maximum Gasteiger partial charge on any atom is 0.339 e. The zero-order valence-electron chi connectivity index (χ0n) is 9.92. The second-order valence-electron chi connectivity index (χ2n) is 3.78. The summed E-state index contributed by atoms with van der Waals surface area (Å²) in [5, 5.41) is -0.113. The molecule has 0 aliphatic rings. The molecular weight excluding hydrogens is 323 g/mol. The maximum absolute atomic E-state index is 12.1. The summed E-state index contributed by atoms with van der Waals surface area (Å²) in [6, 6.07) is 10.1. The zero-order valence-corrected chi connectivity index (χ0v) is 12.2. The van der Waals surface area contributed by atoms with Gasteiger partial charge in [-0.05, 0) is 24.3 Å². The van der Waals surface area contributed by atoms with Gasteiger partial charge in [0.05, 0.1) is 10.0 Å². The lowest BCUT2D eigenvalue weighted by Crippen LogP contribution is -2.10. The van der Waals surface area contributed by atoms with Gasteiger partial charge in [0.15, 0.2) is 5.75 Å². The van der Waals surface area contributed by atoms with Gasteiger partial charge < -0.3 is 4.18 Å². The molecule has 0 saturated carbocycles. The number of hydrogen-bond acceptors (Lipinski definition) is 4. The van der Waals surface area contributed by atoms with Crippen LogP contribution in [0.5, 0.6) is 5.75 Å². The van der Waals surface area contributed by atoms with Crippen molar-refractivity contribution in [3.05, 3.63) is 58.1 Å². The summed E-state index contributed by atoms with van der Waals surface area (Å²) in [6.07, 6.45) is 0.549. The standard InChI is InChI=1S/C13H8Cl2O4S/c14-11-6-9(8-16)7-12(15)13(11)19-20(17,18)10-4-2-1-3-5-10/h1-8H. The molecule has 2 aromatic carbocycles. The summed E-state index contributed by atoms with van der Waals surface area (Å²) in [7, 11) is -4.04. The van der Waals surface area contributed by atoms with Crippen LogP contribution in [0, 0.1) is 0 Å². The van der Waals surface area contributed by atoms with Crippen molar-refractivity contribution in [2.24, 2.45) is 0 Å². The molecule has 0 saturated heterocycles. The van der Waals surface area contributed by atoms with Crippen LogP contribution in [0.25, 0.3) is 0 Å². The minimum absolute atomic E-state index is 0.0217. The molecule has 0 amide bonds. The highest BCUT2D eigenvalue weighted by Gasteiger charge is 2.20. The largest absolute Gasteiger partial charge is 0.376 e. The van der Waals surface area contributed by atoms with Crippen molar-refractivity contribution in [3.63, 3.8) is 0 Å². The highest BCUT2D eigenvalue weighted by atomic mass is 35.5. The third-order valence-electron chi connectivity index (χ3n) is 2.38. The Morgan fingerprint density at radius 1 is 1.00 bits per heavy atom. The highest BCUT2D eigenvalue weighted by Crippen LogP contribution is 2.35. The third kappa shape index (κ3) is 3.12. The Bertz CT molecular complexity index is 719. The Morgan fingerprint density at radius 3 is 2.05 bits per heavy atom. The van der Waals surface area contributed by atoms with Crippen LogP contribution in [0.1, 0.15) is 10.4 Å². The first-order valence-electron chi connectivity index (χ1n) is 5.38. The molecule has 0 radical (unpaired) electrons. The van der Waals surface area contributed by atoms with Crippen LogP contribution in [0.2, 0.25) is 10.0 Å². The van der Waals surface area contributed by atoms with E-state index < -0.39 is 10.1 Å². The van der Waals surface area contributed by atoms with Crippen molar-refractivity contribution >= 4 is 39.6 Å². The fourth-order valence-corrected chi connectivity index (χ4v) is 3.13. The van der Waals surface area contributed by atoms with Gasteiger partial charge in [0.25, 0.3) is 0 Å². The van der Waals surface area contributed by atoms with E-state index in [1.165, 1.54) is 24.3 Å². The second kappa shape index (κ2) is 5.83. The van der Waals surface area contributed by atoms with E-state index in [9.17, 15) is 13.2 Å². The molecule has 0 aliphatic carbocycles. The molecule has 0 fully saturated rings. The van der Waals surface area contributed by atoms with Gasteiger partial charge >= 0.3 is 10.1 Å². The van der Waals surface area contributed by atoms with Gasteiger partial charge in [0.1, 0.15) is 11.2 Å². The van der Waals surface area contributed by atoms with Crippen molar-refractivity contribution in [1.29, 1.82) is 0 Å². The van der Waals surface area contributed by atoms with Crippen LogP contribution in [0.15, 0.2) is 47.4 Å². The first-order chi connectivity index (χ1) is 9.44. The molecule has 0 N–H and O–H groups in total. The molecule has 4 nitrogen and oxygen atoms in total. The van der Waals surface area contributed by atoms with E-state index in [2.05, 4.69) is 0 Å². The van der Waals surface area contributed by atoms with Gasteiger partial charge in [0, 0.05) is 5.56 Å². The Labute approximate surface area is 126 Å². The Balaban J connectivity index is 2.43. The fraction of sp³-hybridized carbons (Fsp3) is 0. The number of aldehydes is 1. The molecule has 7 heteroatoms. The predicted molar refractivity (Wildman–Crippen MR) is 76.1 cm³/mol. The summed E-state index contributed by atoms with van der Waals surface area (Å²) in [4.78, 5) is 10.6. The van der Waals surface area contributed by atoms with Crippen LogP contribution in [0.4, 0.5) is 0 Å². The Morgan fingerprint density at radius 2 is 1.55 bits per heavy atom. The quantitative estimate of drug-likeness (QED) is 0.635.